The van der Waals surface area contributed by atoms with Gasteiger partial charge in [-0.05, 0) is 128 Å². The summed E-state index contributed by atoms with van der Waals surface area (Å²) in [6.45, 7) is 34.9. The zero-order valence-electron chi connectivity index (χ0n) is 43.0. The van der Waals surface area contributed by atoms with E-state index in [0.29, 0.717) is 52.0 Å². The Morgan fingerprint density at radius 1 is 0.455 bits per heavy atom. The highest BCUT2D eigenvalue weighted by Crippen LogP contribution is 2.43. The zero-order valence-corrected chi connectivity index (χ0v) is 43.0. The molecule has 66 heavy (non-hydrogen) atoms. The molecular weight excluding hydrogens is 821 g/mol. The Hall–Kier alpha value is -5.50. The first-order valence-electron chi connectivity index (χ1n) is 23.7. The molecule has 8 bridgehead atoms. The Labute approximate surface area is 396 Å². The molecule has 0 spiro atoms. The third-order valence-corrected chi connectivity index (χ3v) is 12.4. The van der Waals surface area contributed by atoms with Gasteiger partial charge in [0.1, 0.15) is 36.2 Å². The molecule has 8 heteroatoms. The maximum Gasteiger partial charge on any atom is 0.154 e. The van der Waals surface area contributed by atoms with Gasteiger partial charge >= 0.3 is 0 Å². The maximum absolute atomic E-state index is 12.6. The molecule has 0 saturated heterocycles. The SMILES string of the molecule is CC(=O)/C=C(/C)NCCOc1c2cc(C(C)(C)C)cc1Cc1cc(C(C)(C)C)cc(c1O)Cc1cc(C(C)(C)C)cc(c1OCCN/C(C)=C\C(C)=O)Cc1cc(C(C)(C)C)cc(c1O)C2. The molecule has 4 N–H and O–H groups in total. The molecule has 4 aromatic carbocycles. The number of carbonyl (C=O) groups is 2. The predicted molar refractivity (Wildman–Crippen MR) is 271 cm³/mol. The second kappa shape index (κ2) is 20.2. The Kier molecular flexibility index (Phi) is 15.7. The minimum atomic E-state index is -0.230. The smallest absolute Gasteiger partial charge is 0.154 e. The molecule has 0 fully saturated rings. The third kappa shape index (κ3) is 13.3. The summed E-state index contributed by atoms with van der Waals surface area (Å²) in [6.07, 6.45) is 4.78. The second-order valence-electron chi connectivity index (χ2n) is 22.7. The van der Waals surface area contributed by atoms with Crippen molar-refractivity contribution in [1.82, 2.24) is 10.6 Å². The largest absolute Gasteiger partial charge is 0.507 e. The van der Waals surface area contributed by atoms with E-state index in [4.69, 9.17) is 9.47 Å². The number of hydrogen-bond acceptors (Lipinski definition) is 8. The summed E-state index contributed by atoms with van der Waals surface area (Å²) in [6, 6.07) is 17.5. The van der Waals surface area contributed by atoms with Crippen LogP contribution in [0.15, 0.2) is 72.1 Å². The molecule has 0 radical (unpaired) electrons. The van der Waals surface area contributed by atoms with Crippen LogP contribution in [-0.2, 0) is 56.9 Å². The molecule has 5 rings (SSSR count). The highest BCUT2D eigenvalue weighted by Gasteiger charge is 2.28. The third-order valence-electron chi connectivity index (χ3n) is 12.4. The number of rotatable bonds is 12. The molecule has 356 valence electrons. The van der Waals surface area contributed by atoms with Crippen LogP contribution in [0.3, 0.4) is 0 Å². The monoisotopic (exact) mass is 899 g/mol. The van der Waals surface area contributed by atoms with Gasteiger partial charge in [-0.15, -0.1) is 0 Å². The minimum Gasteiger partial charge on any atom is -0.507 e. The van der Waals surface area contributed by atoms with Crippen molar-refractivity contribution in [3.8, 4) is 23.0 Å². The van der Waals surface area contributed by atoms with Crippen molar-refractivity contribution in [3.05, 3.63) is 139 Å². The fourth-order valence-corrected chi connectivity index (χ4v) is 8.53. The Bertz CT molecular complexity index is 2240. The summed E-state index contributed by atoms with van der Waals surface area (Å²) in [5.74, 6) is 1.90. The van der Waals surface area contributed by atoms with Gasteiger partial charge in [0, 0.05) is 50.2 Å². The van der Waals surface area contributed by atoms with Crippen LogP contribution in [0.4, 0.5) is 0 Å². The molecule has 8 nitrogen and oxygen atoms in total. The van der Waals surface area contributed by atoms with Crippen molar-refractivity contribution in [2.24, 2.45) is 0 Å². The highest BCUT2D eigenvalue weighted by molar-refractivity contribution is 5.88. The van der Waals surface area contributed by atoms with Crippen molar-refractivity contribution in [3.63, 3.8) is 0 Å². The molecule has 0 unspecified atom stereocenters. The number of phenols is 2. The highest BCUT2D eigenvalue weighted by atomic mass is 16.5. The molecule has 0 amide bonds. The van der Waals surface area contributed by atoms with Gasteiger partial charge in [-0.2, -0.15) is 0 Å². The summed E-state index contributed by atoms with van der Waals surface area (Å²) in [7, 11) is 0. The lowest BCUT2D eigenvalue weighted by molar-refractivity contribution is -0.113. The van der Waals surface area contributed by atoms with Gasteiger partial charge < -0.3 is 30.3 Å². The van der Waals surface area contributed by atoms with Crippen LogP contribution in [0, 0.1) is 0 Å². The van der Waals surface area contributed by atoms with Crippen LogP contribution in [0.5, 0.6) is 23.0 Å². The van der Waals surface area contributed by atoms with Gasteiger partial charge in [-0.25, -0.2) is 0 Å². The fraction of sp³-hybridized carbons (Fsp3) is 0.483. The second-order valence-corrected chi connectivity index (χ2v) is 22.7. The van der Waals surface area contributed by atoms with E-state index < -0.39 is 0 Å². The van der Waals surface area contributed by atoms with Gasteiger partial charge in [0.15, 0.2) is 11.6 Å². The van der Waals surface area contributed by atoms with E-state index in [1.54, 1.807) is 12.2 Å². The lowest BCUT2D eigenvalue weighted by Crippen LogP contribution is -2.21. The molecule has 0 saturated carbocycles. The average molecular weight is 899 g/mol. The van der Waals surface area contributed by atoms with Gasteiger partial charge in [-0.3, -0.25) is 9.59 Å². The molecule has 1 aliphatic rings. The summed E-state index contributed by atoms with van der Waals surface area (Å²) in [5.41, 5.74) is 12.1. The molecule has 0 aliphatic heterocycles. The van der Waals surface area contributed by atoms with Crippen LogP contribution >= 0.6 is 0 Å². The average Bonchev–Trinajstić information content (AvgIpc) is 3.16. The first-order chi connectivity index (χ1) is 30.5. The number of nitrogens with one attached hydrogen (secondary N) is 2. The van der Waals surface area contributed by atoms with E-state index in [-0.39, 0.29) is 44.7 Å². The lowest BCUT2D eigenvalue weighted by Gasteiger charge is -2.28. The molecule has 0 atom stereocenters. The van der Waals surface area contributed by atoms with Crippen LogP contribution in [-0.4, -0.2) is 48.1 Å². The molecule has 4 aromatic rings. The fourth-order valence-electron chi connectivity index (χ4n) is 8.53. The molecular formula is C58H78N2O6. The maximum atomic E-state index is 12.6. The van der Waals surface area contributed by atoms with Crippen molar-refractivity contribution in [2.75, 3.05) is 26.3 Å². The standard InChI is InChI=1S/C58H78N2O6/c1-35(21-37(3)61)59-17-19-65-53-43-23-39-27-47(55(5,6)7)29-41(51(39)63)25-45-33-50(58(14,15)16)34-46(54(45)66-20-18-60-36(2)22-38(4)62)26-42-30-48(56(8,9)10)28-40(52(42)64)24-44(53)32-49(31-43)57(11,12)13/h21-22,27-34,59-60,63-64H,17-20,23-26H2,1-16H3/b35-21-,36-22-. The van der Waals surface area contributed by atoms with Crippen LogP contribution in [0.25, 0.3) is 0 Å². The van der Waals surface area contributed by atoms with Gasteiger partial charge in [0.25, 0.3) is 0 Å². The Morgan fingerprint density at radius 2 is 0.682 bits per heavy atom. The van der Waals surface area contributed by atoms with E-state index in [0.717, 1.165) is 89.7 Å². The van der Waals surface area contributed by atoms with Gasteiger partial charge in [-0.1, -0.05) is 132 Å². The number of ether oxygens (including phenoxy) is 2. The van der Waals surface area contributed by atoms with Crippen molar-refractivity contribution in [1.29, 1.82) is 0 Å². The number of phenolic OH excluding ortho intramolecular Hbond substituents is 2. The quantitative estimate of drug-likeness (QED) is 0.0723. The van der Waals surface area contributed by atoms with Crippen LogP contribution in [0.1, 0.15) is 178 Å². The summed E-state index contributed by atoms with van der Waals surface area (Å²) < 4.78 is 13.7. The topological polar surface area (TPSA) is 117 Å². The summed E-state index contributed by atoms with van der Waals surface area (Å²) in [5, 5.41) is 31.8. The normalized spacial score (nSPS) is 13.9. The Balaban J connectivity index is 1.85. The lowest BCUT2D eigenvalue weighted by atomic mass is 9.79. The number of ketones is 2. The van der Waals surface area contributed by atoms with E-state index in [1.807, 2.05) is 13.8 Å². The van der Waals surface area contributed by atoms with Crippen LogP contribution < -0.4 is 20.1 Å². The first kappa shape index (κ1) is 51.5. The predicted octanol–water partition coefficient (Wildman–Crippen LogP) is 11.9. The van der Waals surface area contributed by atoms with Gasteiger partial charge in [0.2, 0.25) is 0 Å². The van der Waals surface area contributed by atoms with E-state index >= 15 is 0 Å². The summed E-state index contributed by atoms with van der Waals surface area (Å²) in [4.78, 5) is 23.6. The number of carbonyl (C=O) groups excluding carboxylic acids is 2. The van der Waals surface area contributed by atoms with Gasteiger partial charge in [0.05, 0.1) is 0 Å². The van der Waals surface area contributed by atoms with Crippen molar-refractivity contribution < 1.29 is 29.3 Å². The molecule has 1 aliphatic carbocycles. The van der Waals surface area contributed by atoms with Crippen molar-refractivity contribution in [2.45, 2.75) is 158 Å². The van der Waals surface area contributed by atoms with E-state index in [9.17, 15) is 19.8 Å². The molecule has 0 heterocycles. The number of benzene rings is 4. The Morgan fingerprint density at radius 3 is 0.894 bits per heavy atom. The number of hydrogen-bond donors (Lipinski definition) is 4. The van der Waals surface area contributed by atoms with E-state index in [1.165, 1.54) is 13.8 Å². The first-order valence-corrected chi connectivity index (χ1v) is 23.7. The van der Waals surface area contributed by atoms with Crippen molar-refractivity contribution >= 4 is 11.6 Å². The number of fused-ring (bicyclic) bond motifs is 8. The zero-order chi connectivity index (χ0) is 49.1. The molecule has 0 aromatic heterocycles. The van der Waals surface area contributed by atoms with E-state index in [2.05, 4.69) is 142 Å². The number of aromatic hydroxyl groups is 2. The minimum absolute atomic E-state index is 0.0237. The summed E-state index contributed by atoms with van der Waals surface area (Å²) >= 11 is 0. The number of allylic oxidation sites excluding steroid dienone is 4. The van der Waals surface area contributed by atoms with Crippen LogP contribution in [0.2, 0.25) is 0 Å².